The van der Waals surface area contributed by atoms with Crippen LogP contribution in [0.2, 0.25) is 0 Å². The molecule has 6 heteroatoms. The summed E-state index contributed by atoms with van der Waals surface area (Å²) in [5.74, 6) is -0.963. The van der Waals surface area contributed by atoms with Crippen molar-refractivity contribution in [2.24, 2.45) is 0 Å². The molecule has 0 rings (SSSR count). The third kappa shape index (κ3) is 55.0. The largest absolute Gasteiger partial charge is 0.462 e. The molecule has 70 heavy (non-hydrogen) atoms. The Kier molecular flexibility index (Phi) is 54.4. The van der Waals surface area contributed by atoms with Crippen LogP contribution < -0.4 is 0 Å². The van der Waals surface area contributed by atoms with Crippen molar-refractivity contribution >= 4 is 17.9 Å². The van der Waals surface area contributed by atoms with Gasteiger partial charge in [-0.05, 0) is 96.3 Å². The molecule has 0 aliphatic carbocycles. The lowest BCUT2D eigenvalue weighted by atomic mass is 10.0. The summed E-state index contributed by atoms with van der Waals surface area (Å²) < 4.78 is 16.8. The summed E-state index contributed by atoms with van der Waals surface area (Å²) in [5.41, 5.74) is 0. The molecule has 0 aromatic heterocycles. The first-order valence-corrected chi connectivity index (χ1v) is 28.9. The topological polar surface area (TPSA) is 78.9 Å². The van der Waals surface area contributed by atoms with Gasteiger partial charge in [-0.15, -0.1) is 0 Å². The molecule has 0 heterocycles. The molecule has 0 amide bonds. The molecule has 0 saturated carbocycles. The van der Waals surface area contributed by atoms with Crippen LogP contribution in [-0.4, -0.2) is 37.2 Å². The Bertz CT molecular complexity index is 1440. The molecule has 0 spiro atoms. The van der Waals surface area contributed by atoms with Crippen molar-refractivity contribution in [1.82, 2.24) is 0 Å². The lowest BCUT2D eigenvalue weighted by molar-refractivity contribution is -0.167. The number of rotatable bonds is 51. The molecule has 398 valence electrons. The number of ether oxygens (including phenoxy) is 3. The summed E-state index contributed by atoms with van der Waals surface area (Å²) in [6.07, 6.45) is 78.0. The highest BCUT2D eigenvalue weighted by Gasteiger charge is 2.19. The Morgan fingerprint density at radius 3 is 0.914 bits per heavy atom. The summed E-state index contributed by atoms with van der Waals surface area (Å²) in [6.45, 7) is 6.36. The molecular weight excluding hydrogens is 865 g/mol. The van der Waals surface area contributed by atoms with E-state index in [0.29, 0.717) is 19.3 Å². The zero-order chi connectivity index (χ0) is 50.7. The van der Waals surface area contributed by atoms with Crippen molar-refractivity contribution in [2.45, 2.75) is 264 Å². The molecule has 0 aliphatic heterocycles. The zero-order valence-corrected chi connectivity index (χ0v) is 45.5. The highest BCUT2D eigenvalue weighted by atomic mass is 16.6. The van der Waals surface area contributed by atoms with E-state index in [-0.39, 0.29) is 37.5 Å². The van der Waals surface area contributed by atoms with Gasteiger partial charge in [-0.3, -0.25) is 14.4 Å². The number of hydrogen-bond donors (Lipinski definition) is 0. The van der Waals surface area contributed by atoms with Crippen molar-refractivity contribution in [3.63, 3.8) is 0 Å². The third-order valence-corrected chi connectivity index (χ3v) is 12.0. The number of allylic oxidation sites excluding steroid dienone is 18. The molecule has 0 radical (unpaired) electrons. The fourth-order valence-electron chi connectivity index (χ4n) is 7.76. The molecule has 0 N–H and O–H groups in total. The van der Waals surface area contributed by atoms with Gasteiger partial charge in [-0.1, -0.05) is 252 Å². The van der Waals surface area contributed by atoms with E-state index in [9.17, 15) is 14.4 Å². The monoisotopic (exact) mass is 971 g/mol. The summed E-state index contributed by atoms with van der Waals surface area (Å²) in [7, 11) is 0. The minimum atomic E-state index is -0.809. The summed E-state index contributed by atoms with van der Waals surface area (Å²) in [5, 5.41) is 0. The number of carbonyl (C=O) groups excluding carboxylic acids is 3. The zero-order valence-electron chi connectivity index (χ0n) is 45.5. The summed E-state index contributed by atoms with van der Waals surface area (Å²) >= 11 is 0. The molecule has 0 aliphatic rings. The van der Waals surface area contributed by atoms with E-state index in [1.54, 1.807) is 0 Å². The molecule has 0 aromatic rings. The van der Waals surface area contributed by atoms with Gasteiger partial charge in [0.05, 0.1) is 0 Å². The van der Waals surface area contributed by atoms with Crippen LogP contribution in [0.25, 0.3) is 0 Å². The van der Waals surface area contributed by atoms with Gasteiger partial charge < -0.3 is 14.2 Å². The second kappa shape index (κ2) is 57.6. The second-order valence-corrected chi connectivity index (χ2v) is 18.8. The average Bonchev–Trinajstić information content (AvgIpc) is 3.36. The van der Waals surface area contributed by atoms with E-state index >= 15 is 0 Å². The van der Waals surface area contributed by atoms with Crippen LogP contribution in [0.4, 0.5) is 0 Å². The number of hydrogen-bond acceptors (Lipinski definition) is 6. The van der Waals surface area contributed by atoms with Crippen LogP contribution in [0.1, 0.15) is 258 Å². The van der Waals surface area contributed by atoms with Crippen LogP contribution in [0, 0.1) is 0 Å². The second-order valence-electron chi connectivity index (χ2n) is 18.8. The summed E-state index contributed by atoms with van der Waals surface area (Å²) in [4.78, 5) is 38.1. The fourth-order valence-corrected chi connectivity index (χ4v) is 7.76. The summed E-state index contributed by atoms with van der Waals surface area (Å²) in [6, 6.07) is 0. The Labute approximate surface area is 431 Å². The molecule has 1 unspecified atom stereocenters. The highest BCUT2D eigenvalue weighted by Crippen LogP contribution is 2.15. The van der Waals surface area contributed by atoms with E-state index in [1.807, 2.05) is 0 Å². The van der Waals surface area contributed by atoms with E-state index in [1.165, 1.54) is 109 Å². The number of unbranched alkanes of at least 4 members (excludes halogenated alkanes) is 22. The molecule has 1 atom stereocenters. The van der Waals surface area contributed by atoms with Crippen LogP contribution in [0.5, 0.6) is 0 Å². The van der Waals surface area contributed by atoms with Gasteiger partial charge in [0, 0.05) is 19.3 Å². The Balaban J connectivity index is 4.41. The Morgan fingerprint density at radius 1 is 0.300 bits per heavy atom. The Hall–Kier alpha value is -3.93. The SMILES string of the molecule is CC/C=C\C/C=C\C/C=C\C/C=C\C/C=C\CCCC(=O)OC(COC(=O)CCCCCCCCCCCC/C=C\C/C=C\C/C=C\C/C=C\CC)COC(=O)CCCCCCCCCCCCCC. The predicted molar refractivity (Wildman–Crippen MR) is 302 cm³/mol. The van der Waals surface area contributed by atoms with Gasteiger partial charge in [-0.2, -0.15) is 0 Å². The van der Waals surface area contributed by atoms with Crippen molar-refractivity contribution in [3.05, 3.63) is 109 Å². The fraction of sp³-hybridized carbons (Fsp3) is 0.672. The molecule has 0 bridgehead atoms. The first-order valence-electron chi connectivity index (χ1n) is 28.9. The normalized spacial score (nSPS) is 12.9. The van der Waals surface area contributed by atoms with Gasteiger partial charge in [0.1, 0.15) is 13.2 Å². The first kappa shape index (κ1) is 66.1. The maximum atomic E-state index is 12.8. The third-order valence-electron chi connectivity index (χ3n) is 12.0. The molecule has 0 aromatic carbocycles. The van der Waals surface area contributed by atoms with Gasteiger partial charge in [0.25, 0.3) is 0 Å². The van der Waals surface area contributed by atoms with E-state index in [4.69, 9.17) is 14.2 Å². The maximum absolute atomic E-state index is 12.8. The minimum Gasteiger partial charge on any atom is -0.462 e. The average molecular weight is 972 g/mol. The lowest BCUT2D eigenvalue weighted by Crippen LogP contribution is -2.30. The minimum absolute atomic E-state index is 0.101. The van der Waals surface area contributed by atoms with E-state index < -0.39 is 6.10 Å². The molecule has 0 fully saturated rings. The van der Waals surface area contributed by atoms with Crippen molar-refractivity contribution in [1.29, 1.82) is 0 Å². The van der Waals surface area contributed by atoms with Crippen molar-refractivity contribution < 1.29 is 28.6 Å². The van der Waals surface area contributed by atoms with Crippen LogP contribution in [-0.2, 0) is 28.6 Å². The van der Waals surface area contributed by atoms with Crippen LogP contribution >= 0.6 is 0 Å². The lowest BCUT2D eigenvalue weighted by Gasteiger charge is -2.18. The van der Waals surface area contributed by atoms with Gasteiger partial charge in [0.15, 0.2) is 6.10 Å². The van der Waals surface area contributed by atoms with Crippen LogP contribution in [0.3, 0.4) is 0 Å². The van der Waals surface area contributed by atoms with Gasteiger partial charge in [0.2, 0.25) is 0 Å². The smallest absolute Gasteiger partial charge is 0.306 e. The van der Waals surface area contributed by atoms with E-state index in [2.05, 4.69) is 130 Å². The number of esters is 3. The van der Waals surface area contributed by atoms with E-state index in [0.717, 1.165) is 103 Å². The van der Waals surface area contributed by atoms with Crippen LogP contribution in [0.15, 0.2) is 109 Å². The van der Waals surface area contributed by atoms with Crippen molar-refractivity contribution in [3.8, 4) is 0 Å². The van der Waals surface area contributed by atoms with Gasteiger partial charge >= 0.3 is 17.9 Å². The van der Waals surface area contributed by atoms with Crippen molar-refractivity contribution in [2.75, 3.05) is 13.2 Å². The molecule has 0 saturated heterocycles. The standard InChI is InChI=1S/C64H106O6/c1-4-7-10-13-16-19-22-25-27-29-30-31-32-33-34-36-37-39-42-45-48-51-54-57-63(66)69-60-61(59-68-62(65)56-53-50-47-44-41-24-21-18-15-12-9-6-3)70-64(67)58-55-52-49-46-43-40-38-35-28-26-23-20-17-14-11-8-5-2/h7-8,10-11,16-17,19-20,25-28,30-31,38,40,46,49,61H,4-6,9,12-15,18,21-24,29,32-37,39,41-45,47-48,50-60H2,1-3H3/b10-7-,11-8-,19-16-,20-17-,27-25-,28-26-,31-30-,40-38-,49-46-. The van der Waals surface area contributed by atoms with Gasteiger partial charge in [-0.25, -0.2) is 0 Å². The maximum Gasteiger partial charge on any atom is 0.306 e. The quantitative estimate of drug-likeness (QED) is 0.0262. The first-order chi connectivity index (χ1) is 34.5. The predicted octanol–water partition coefficient (Wildman–Crippen LogP) is 19.5. The Morgan fingerprint density at radius 2 is 0.571 bits per heavy atom. The number of carbonyl (C=O) groups is 3. The molecular formula is C64H106O6. The highest BCUT2D eigenvalue weighted by molar-refractivity contribution is 5.71. The molecule has 6 nitrogen and oxygen atoms in total.